The first-order valence-corrected chi connectivity index (χ1v) is 10.3. The molecule has 2 atom stereocenters. The third-order valence-corrected chi connectivity index (χ3v) is 6.81. The number of rotatable bonds is 5. The number of benzene rings is 2. The highest BCUT2D eigenvalue weighted by Crippen LogP contribution is 2.28. The quantitative estimate of drug-likeness (QED) is 0.766. The van der Waals surface area contributed by atoms with E-state index in [-0.39, 0.29) is 24.3 Å². The number of carbonyl (C=O) groups excluding carboxylic acids is 1. The Kier molecular flexibility index (Phi) is 6.02. The third kappa shape index (κ3) is 4.04. The lowest BCUT2D eigenvalue weighted by molar-refractivity contribution is -0.147. The van der Waals surface area contributed by atoms with Crippen LogP contribution in [0.2, 0.25) is 0 Å². The van der Waals surface area contributed by atoms with Crippen LogP contribution in [0, 0.1) is 0 Å². The van der Waals surface area contributed by atoms with Crippen LogP contribution in [0.1, 0.15) is 12.8 Å². The number of carbonyl (C=O) groups is 1. The van der Waals surface area contributed by atoms with Crippen LogP contribution in [0.15, 0.2) is 53.4 Å². The lowest BCUT2D eigenvalue weighted by atomic mass is 10.0. The first kappa shape index (κ1) is 20.3. The number of sulfonamides is 1. The average molecular weight is 405 g/mol. The molecule has 8 heteroatoms. The molecular formula is C20H23NO6S. The maximum Gasteiger partial charge on any atom is 0.324 e. The van der Waals surface area contributed by atoms with Gasteiger partial charge in [0, 0.05) is 13.0 Å². The number of aliphatic hydroxyl groups is 1. The van der Waals surface area contributed by atoms with Crippen molar-refractivity contribution >= 4 is 16.0 Å². The van der Waals surface area contributed by atoms with Gasteiger partial charge < -0.3 is 14.6 Å². The maximum atomic E-state index is 13.1. The van der Waals surface area contributed by atoms with Crippen LogP contribution in [0.5, 0.6) is 5.75 Å². The summed E-state index contributed by atoms with van der Waals surface area (Å²) in [4.78, 5) is 12.1. The second-order valence-electron chi connectivity index (χ2n) is 6.59. The van der Waals surface area contributed by atoms with Gasteiger partial charge in [0.15, 0.2) is 0 Å². The molecule has 1 N–H and O–H groups in total. The van der Waals surface area contributed by atoms with Crippen molar-refractivity contribution in [2.45, 2.75) is 29.9 Å². The van der Waals surface area contributed by atoms with E-state index in [4.69, 9.17) is 9.47 Å². The molecule has 3 rings (SSSR count). The summed E-state index contributed by atoms with van der Waals surface area (Å²) in [5, 5.41) is 9.84. The Morgan fingerprint density at radius 2 is 1.61 bits per heavy atom. The van der Waals surface area contributed by atoms with Crippen molar-refractivity contribution in [3.63, 3.8) is 0 Å². The van der Waals surface area contributed by atoms with Gasteiger partial charge in [-0.05, 0) is 41.8 Å². The zero-order valence-corrected chi connectivity index (χ0v) is 16.6. The minimum Gasteiger partial charge on any atom is -0.497 e. The highest BCUT2D eigenvalue weighted by Gasteiger charge is 2.40. The Hall–Kier alpha value is -2.42. The average Bonchev–Trinajstić information content (AvgIpc) is 2.73. The predicted octanol–water partition coefficient (Wildman–Crippen LogP) is 2.05. The molecule has 1 fully saturated rings. The zero-order valence-electron chi connectivity index (χ0n) is 15.7. The molecule has 0 unspecified atom stereocenters. The van der Waals surface area contributed by atoms with Gasteiger partial charge in [-0.25, -0.2) is 8.42 Å². The van der Waals surface area contributed by atoms with E-state index in [0.29, 0.717) is 0 Å². The summed E-state index contributed by atoms with van der Waals surface area (Å²) < 4.78 is 37.1. The van der Waals surface area contributed by atoms with Crippen LogP contribution in [-0.2, 0) is 19.6 Å². The molecule has 0 aliphatic carbocycles. The number of nitrogens with zero attached hydrogens (tertiary/aromatic N) is 1. The number of aliphatic hydroxyl groups excluding tert-OH is 1. The van der Waals surface area contributed by atoms with Gasteiger partial charge in [-0.15, -0.1) is 0 Å². The summed E-state index contributed by atoms with van der Waals surface area (Å²) >= 11 is 0. The fourth-order valence-corrected chi connectivity index (χ4v) is 4.90. The van der Waals surface area contributed by atoms with Crippen molar-refractivity contribution in [1.29, 1.82) is 0 Å². The van der Waals surface area contributed by atoms with Crippen LogP contribution in [-0.4, -0.2) is 56.7 Å². The number of hydrogen-bond acceptors (Lipinski definition) is 6. The molecule has 1 aliphatic heterocycles. The van der Waals surface area contributed by atoms with Crippen LogP contribution >= 0.6 is 0 Å². The maximum absolute atomic E-state index is 13.1. The molecule has 0 spiro atoms. The van der Waals surface area contributed by atoms with Gasteiger partial charge in [0.2, 0.25) is 10.0 Å². The topological polar surface area (TPSA) is 93.1 Å². The summed E-state index contributed by atoms with van der Waals surface area (Å²) in [6, 6.07) is 12.9. The highest BCUT2D eigenvalue weighted by atomic mass is 32.2. The molecule has 28 heavy (non-hydrogen) atoms. The van der Waals surface area contributed by atoms with E-state index in [1.807, 2.05) is 24.3 Å². The lowest BCUT2D eigenvalue weighted by Gasteiger charge is -2.35. The molecule has 0 aromatic heterocycles. The summed E-state index contributed by atoms with van der Waals surface area (Å²) in [6.45, 7) is 0.0590. The molecular weight excluding hydrogens is 382 g/mol. The Morgan fingerprint density at radius 3 is 2.14 bits per heavy atom. The summed E-state index contributed by atoms with van der Waals surface area (Å²) in [7, 11) is -1.10. The minimum atomic E-state index is -3.90. The number of methoxy groups -OCH3 is 2. The van der Waals surface area contributed by atoms with Crippen LogP contribution in [0.3, 0.4) is 0 Å². The molecule has 1 heterocycles. The Labute approximate surface area is 164 Å². The van der Waals surface area contributed by atoms with E-state index in [9.17, 15) is 18.3 Å². The first-order valence-electron chi connectivity index (χ1n) is 8.89. The molecule has 2 aromatic rings. The second kappa shape index (κ2) is 8.30. The monoisotopic (exact) mass is 405 g/mol. The van der Waals surface area contributed by atoms with Crippen molar-refractivity contribution in [3.8, 4) is 16.9 Å². The number of piperidine rings is 1. The van der Waals surface area contributed by atoms with Gasteiger partial charge in [-0.1, -0.05) is 24.3 Å². The van der Waals surface area contributed by atoms with Crippen molar-refractivity contribution in [2.75, 3.05) is 20.8 Å². The SMILES string of the molecule is COC(=O)[C@H]1C[C@@H](O)CCN1S(=O)(=O)c1ccc(-c2ccc(OC)cc2)cc1. The van der Waals surface area contributed by atoms with Gasteiger partial charge in [-0.3, -0.25) is 4.79 Å². The minimum absolute atomic E-state index is 0.0236. The molecule has 0 amide bonds. The van der Waals surface area contributed by atoms with E-state index in [2.05, 4.69) is 0 Å². The van der Waals surface area contributed by atoms with Crippen molar-refractivity contribution in [2.24, 2.45) is 0 Å². The molecule has 1 saturated heterocycles. The first-order chi connectivity index (χ1) is 13.4. The molecule has 1 aliphatic rings. The molecule has 150 valence electrons. The zero-order chi connectivity index (χ0) is 20.3. The van der Waals surface area contributed by atoms with E-state index >= 15 is 0 Å². The van der Waals surface area contributed by atoms with Crippen molar-refractivity contribution in [3.05, 3.63) is 48.5 Å². The van der Waals surface area contributed by atoms with Gasteiger partial charge in [0.1, 0.15) is 11.8 Å². The van der Waals surface area contributed by atoms with Gasteiger partial charge in [-0.2, -0.15) is 4.31 Å². The van der Waals surface area contributed by atoms with Crippen molar-refractivity contribution < 1.29 is 27.8 Å². The van der Waals surface area contributed by atoms with E-state index in [1.54, 1.807) is 19.2 Å². The fraction of sp³-hybridized carbons (Fsp3) is 0.350. The number of esters is 1. The van der Waals surface area contributed by atoms with E-state index in [1.165, 1.54) is 19.2 Å². The highest BCUT2D eigenvalue weighted by molar-refractivity contribution is 7.89. The summed E-state index contributed by atoms with van der Waals surface area (Å²) in [5.74, 6) is 0.0706. The molecule has 7 nitrogen and oxygen atoms in total. The van der Waals surface area contributed by atoms with Gasteiger partial charge in [0.05, 0.1) is 25.2 Å². The van der Waals surface area contributed by atoms with Crippen molar-refractivity contribution in [1.82, 2.24) is 4.31 Å². The van der Waals surface area contributed by atoms with Crippen LogP contribution in [0.25, 0.3) is 11.1 Å². The Bertz CT molecular complexity index is 924. The number of hydrogen-bond donors (Lipinski definition) is 1. The normalized spacial score (nSPS) is 20.5. The standard InChI is InChI=1S/C20H23NO6S/c1-26-17-7-3-14(4-8-17)15-5-9-18(10-6-15)28(24,25)21-12-11-16(22)13-19(21)20(23)27-2/h3-10,16,19,22H,11-13H2,1-2H3/t16-,19+/m0/s1. The van der Waals surface area contributed by atoms with E-state index < -0.39 is 28.1 Å². The predicted molar refractivity (Wildman–Crippen MR) is 103 cm³/mol. The molecule has 0 saturated carbocycles. The Morgan fingerprint density at radius 1 is 1.04 bits per heavy atom. The fourth-order valence-electron chi connectivity index (χ4n) is 3.30. The van der Waals surface area contributed by atoms with Gasteiger partial charge >= 0.3 is 5.97 Å². The molecule has 2 aromatic carbocycles. The summed E-state index contributed by atoms with van der Waals surface area (Å²) in [5.41, 5.74) is 1.79. The summed E-state index contributed by atoms with van der Waals surface area (Å²) in [6.07, 6.45) is -0.431. The second-order valence-corrected chi connectivity index (χ2v) is 8.48. The van der Waals surface area contributed by atoms with Crippen LogP contribution in [0.4, 0.5) is 0 Å². The molecule has 0 radical (unpaired) electrons. The third-order valence-electron chi connectivity index (χ3n) is 4.88. The molecule has 0 bridgehead atoms. The smallest absolute Gasteiger partial charge is 0.324 e. The largest absolute Gasteiger partial charge is 0.497 e. The Balaban J connectivity index is 1.87. The lowest BCUT2D eigenvalue weighted by Crippen LogP contribution is -2.51. The van der Waals surface area contributed by atoms with E-state index in [0.717, 1.165) is 21.2 Å². The van der Waals surface area contributed by atoms with Crippen LogP contribution < -0.4 is 4.74 Å². The number of ether oxygens (including phenoxy) is 2. The van der Waals surface area contributed by atoms with Gasteiger partial charge in [0.25, 0.3) is 0 Å².